The molecule has 0 radical (unpaired) electrons. The molecule has 14 aromatic rings. The lowest BCUT2D eigenvalue weighted by molar-refractivity contribution is 0.233. The summed E-state index contributed by atoms with van der Waals surface area (Å²) in [6.07, 6.45) is 13.1. The van der Waals surface area contributed by atoms with E-state index >= 15 is 0 Å². The van der Waals surface area contributed by atoms with E-state index in [2.05, 4.69) is 390 Å². The van der Waals surface area contributed by atoms with Gasteiger partial charge in [0, 0.05) is 34.1 Å². The summed E-state index contributed by atoms with van der Waals surface area (Å²) >= 11 is 0. The van der Waals surface area contributed by atoms with Gasteiger partial charge in [-0.25, -0.2) is 0 Å². The summed E-state index contributed by atoms with van der Waals surface area (Å²) in [5.74, 6) is 4.42. The van der Waals surface area contributed by atoms with Gasteiger partial charge < -0.3 is 28.7 Å². The molecule has 0 bridgehead atoms. The van der Waals surface area contributed by atoms with Crippen LogP contribution >= 0.6 is 0 Å². The summed E-state index contributed by atoms with van der Waals surface area (Å²) in [7, 11) is 0. The first-order valence-corrected chi connectivity index (χ1v) is 41.0. The van der Waals surface area contributed by atoms with Gasteiger partial charge in [-0.2, -0.15) is 0 Å². The molecule has 6 nitrogen and oxygen atoms in total. The van der Waals surface area contributed by atoms with Crippen molar-refractivity contribution in [2.45, 2.75) is 103 Å². The van der Waals surface area contributed by atoms with Gasteiger partial charge in [-0.05, 0) is 246 Å². The highest BCUT2D eigenvalue weighted by atomic mass is 16.5. The summed E-state index contributed by atoms with van der Waals surface area (Å²) in [4.78, 5) is 4.80. The van der Waals surface area contributed by atoms with Crippen LogP contribution in [0.15, 0.2) is 353 Å². The third kappa shape index (κ3) is 15.2. The molecule has 2 aliphatic carbocycles. The van der Waals surface area contributed by atoms with Crippen molar-refractivity contribution in [1.82, 2.24) is 0 Å². The molecule has 4 unspecified atom stereocenters. The van der Waals surface area contributed by atoms with Crippen molar-refractivity contribution in [2.75, 3.05) is 23.0 Å². The normalized spacial score (nSPS) is 14.8. The van der Waals surface area contributed by atoms with Gasteiger partial charge in [-0.15, -0.1) is 0 Å². The number of nitrogens with zero attached hydrogens (tertiary/aromatic N) is 2. The van der Waals surface area contributed by atoms with Crippen LogP contribution in [0.4, 0.5) is 34.1 Å². The minimum atomic E-state index is -0.712. The number of hydrogen-bond donors (Lipinski definition) is 0. The van der Waals surface area contributed by atoms with Gasteiger partial charge in [0.1, 0.15) is 36.2 Å². The zero-order valence-electron chi connectivity index (χ0n) is 66.1. The minimum absolute atomic E-state index is 0.455. The molecule has 14 aromatic carbocycles. The van der Waals surface area contributed by atoms with Crippen LogP contribution in [-0.4, -0.2) is 13.2 Å². The molecule has 0 spiro atoms. The number of para-hydroxylation sites is 2. The van der Waals surface area contributed by atoms with E-state index in [1.165, 1.54) is 83.0 Å². The summed E-state index contributed by atoms with van der Waals surface area (Å²) in [5.41, 5.74) is 25.8. The lowest BCUT2D eigenvalue weighted by atomic mass is 9.67. The fourth-order valence-corrected chi connectivity index (χ4v) is 17.3. The molecule has 0 aliphatic heterocycles. The average Bonchev–Trinajstić information content (AvgIpc) is 1.50. The molecule has 0 heterocycles. The van der Waals surface area contributed by atoms with E-state index in [9.17, 15) is 0 Å². The molecule has 6 heteroatoms. The van der Waals surface area contributed by atoms with E-state index in [0.29, 0.717) is 38.3 Å². The molecular weight excluding hydrogens is 1390 g/mol. The molecule has 114 heavy (non-hydrogen) atoms. The van der Waals surface area contributed by atoms with Gasteiger partial charge in [0.2, 0.25) is 0 Å². The van der Waals surface area contributed by atoms with Gasteiger partial charge in [0.15, 0.2) is 0 Å². The Morgan fingerprint density at radius 2 is 0.605 bits per heavy atom. The largest absolute Gasteiger partial charge is 0.493 e. The first kappa shape index (κ1) is 75.4. The van der Waals surface area contributed by atoms with Gasteiger partial charge in [-0.3, -0.25) is 0 Å². The topological polar surface area (TPSA) is 43.4 Å². The molecule has 2 aliphatic rings. The van der Waals surface area contributed by atoms with Crippen LogP contribution < -0.4 is 28.7 Å². The molecule has 4 atom stereocenters. The number of benzene rings is 14. The van der Waals surface area contributed by atoms with Crippen LogP contribution in [0, 0.1) is 11.8 Å². The monoisotopic (exact) mass is 1490 g/mol. The SMILES string of the molecule is C=Cc1ccc(COc2ccc(C3(c4ccc(OCC(CC)CCCC)cc4)c4ccccc4-c4ccc(N(c5ccccc5)c5ccc(-c6ccc(N(c7ccccc7)c7ccc8c(c7)C(c7ccc(OCc9ccc(C=C)cc9)cc7)(c7ccc(OCC(CC)CCCC)cc7)c7ccccc7-8)cc6)cc5)cc43)cc2)cc1. The average molecular weight is 1490 g/mol. The number of anilines is 6. The van der Waals surface area contributed by atoms with E-state index in [4.69, 9.17) is 18.9 Å². The number of unbranched alkanes of at least 4 members (excludes halogenated alkanes) is 2. The lowest BCUT2D eigenvalue weighted by Gasteiger charge is -2.35. The Kier molecular flexibility index (Phi) is 22.8. The lowest BCUT2D eigenvalue weighted by Crippen LogP contribution is -2.29. The molecule has 0 aromatic heterocycles. The molecule has 0 saturated carbocycles. The van der Waals surface area contributed by atoms with Crippen LogP contribution in [0.3, 0.4) is 0 Å². The van der Waals surface area contributed by atoms with Crippen molar-refractivity contribution >= 4 is 46.3 Å². The maximum atomic E-state index is 6.63. The maximum absolute atomic E-state index is 6.63. The van der Waals surface area contributed by atoms with E-state index in [1.807, 2.05) is 12.2 Å². The smallest absolute Gasteiger partial charge is 0.119 e. The zero-order chi connectivity index (χ0) is 77.8. The fraction of sp³-hybridized carbons (Fsp3) is 0.185. The predicted molar refractivity (Wildman–Crippen MR) is 475 cm³/mol. The van der Waals surface area contributed by atoms with Gasteiger partial charge in [0.05, 0.1) is 24.0 Å². The highest BCUT2D eigenvalue weighted by molar-refractivity contribution is 5.92. The Balaban J connectivity index is 0.742. The van der Waals surface area contributed by atoms with Crippen LogP contribution in [0.25, 0.3) is 45.5 Å². The highest BCUT2D eigenvalue weighted by Gasteiger charge is 2.48. The predicted octanol–water partition coefficient (Wildman–Crippen LogP) is 28.7. The summed E-state index contributed by atoms with van der Waals surface area (Å²) < 4.78 is 26.3. The zero-order valence-corrected chi connectivity index (χ0v) is 66.1. The maximum Gasteiger partial charge on any atom is 0.119 e. The van der Waals surface area contributed by atoms with Gasteiger partial charge in [-0.1, -0.05) is 310 Å². The second-order valence-electron chi connectivity index (χ2n) is 30.5. The van der Waals surface area contributed by atoms with Crippen molar-refractivity contribution in [1.29, 1.82) is 0 Å². The highest BCUT2D eigenvalue weighted by Crippen LogP contribution is 2.60. The Hall–Kier alpha value is -12.6. The van der Waals surface area contributed by atoms with Crippen molar-refractivity contribution < 1.29 is 18.9 Å². The van der Waals surface area contributed by atoms with Crippen LogP contribution in [-0.2, 0) is 24.0 Å². The quantitative estimate of drug-likeness (QED) is 0.0408. The Labute approximate surface area is 675 Å². The van der Waals surface area contributed by atoms with Crippen LogP contribution in [0.2, 0.25) is 0 Å². The minimum Gasteiger partial charge on any atom is -0.493 e. The number of hydrogen-bond acceptors (Lipinski definition) is 6. The second-order valence-corrected chi connectivity index (χ2v) is 30.5. The summed E-state index contributed by atoms with van der Waals surface area (Å²) in [6.45, 7) is 19.3. The van der Waals surface area contributed by atoms with Crippen molar-refractivity contribution in [3.05, 3.63) is 420 Å². The Morgan fingerprint density at radius 1 is 0.298 bits per heavy atom. The number of ether oxygens (including phenoxy) is 4. The summed E-state index contributed by atoms with van der Waals surface area (Å²) in [6, 6.07) is 124. The molecule has 0 N–H and O–H groups in total. The van der Waals surface area contributed by atoms with E-state index in [1.54, 1.807) is 0 Å². The third-order valence-electron chi connectivity index (χ3n) is 23.6. The number of fused-ring (bicyclic) bond motifs is 6. The van der Waals surface area contributed by atoms with Crippen molar-refractivity contribution in [3.63, 3.8) is 0 Å². The first-order valence-electron chi connectivity index (χ1n) is 41.0. The van der Waals surface area contributed by atoms with Gasteiger partial charge >= 0.3 is 0 Å². The van der Waals surface area contributed by atoms with E-state index in [0.717, 1.165) is 126 Å². The fourth-order valence-electron chi connectivity index (χ4n) is 17.3. The third-order valence-corrected chi connectivity index (χ3v) is 23.6. The van der Waals surface area contributed by atoms with Crippen LogP contribution in [0.5, 0.6) is 23.0 Å². The first-order chi connectivity index (χ1) is 56.2. The van der Waals surface area contributed by atoms with E-state index in [-0.39, 0.29) is 0 Å². The number of rotatable bonds is 33. The molecule has 0 amide bonds. The molecule has 566 valence electrons. The second kappa shape index (κ2) is 34.5. The Bertz CT molecular complexity index is 5220. The molecule has 16 rings (SSSR count). The van der Waals surface area contributed by atoms with E-state index < -0.39 is 10.8 Å². The van der Waals surface area contributed by atoms with Gasteiger partial charge in [0.25, 0.3) is 0 Å². The standard InChI is InChI=1S/C108H100N2O4/c1-7-13-25-79(11-5)73-111-95-61-47-85(48-62-95)107(87-51-65-97(66-52-87)113-75-81-39-35-77(9-3)36-40-81)103-33-23-21-31-99(103)101-69-59-93(71-105(101)107)109(89-27-17-15-18-28-89)91-55-43-83(44-56-91)84-45-57-92(58-46-84)110(90-29-19-16-20-30-90)94-60-70-102-100-32-22-24-34-104(100)108(106(102)72-94,86-49-63-96(64-50-86)112-74-80(12-6)26-14-8-2)88-53-67-98(68-54-88)114-76-82-41-37-78(10-4)38-42-82/h9-10,15-24,27-72,79-80H,3-4,7-8,11-14,25-26,73-76H2,1-2,5-6H3. The molecule has 0 saturated heterocycles. The Morgan fingerprint density at radius 3 is 0.939 bits per heavy atom. The van der Waals surface area contributed by atoms with Crippen LogP contribution in [0.1, 0.15) is 146 Å². The summed E-state index contributed by atoms with van der Waals surface area (Å²) in [5, 5.41) is 0. The van der Waals surface area contributed by atoms with Crippen molar-refractivity contribution in [2.24, 2.45) is 11.8 Å². The molecule has 0 fully saturated rings. The van der Waals surface area contributed by atoms with Crippen molar-refractivity contribution in [3.8, 4) is 56.4 Å². The molecular formula is C108H100N2O4.